The van der Waals surface area contributed by atoms with Gasteiger partial charge in [0.25, 0.3) is 0 Å². The largest absolute Gasteiger partial charge is 0.465 e. The lowest BCUT2D eigenvalue weighted by atomic mass is 10.2. The standard InChI is InChI=1S/C12H18O4S/c1-5-15-12(16-6-2)9-7-8(3)10(17-9)11(13)14-4/h7,12H,5-6H2,1-4H3. The second-order valence-electron chi connectivity index (χ2n) is 3.40. The lowest BCUT2D eigenvalue weighted by Crippen LogP contribution is -2.07. The number of ether oxygens (including phenoxy) is 3. The number of carbonyl (C=O) groups excluding carboxylic acids is 1. The fraction of sp³-hybridized carbons (Fsp3) is 0.583. The van der Waals surface area contributed by atoms with E-state index < -0.39 is 6.29 Å². The molecule has 0 aromatic carbocycles. The average Bonchev–Trinajstić information content (AvgIpc) is 2.70. The van der Waals surface area contributed by atoms with Gasteiger partial charge in [-0.25, -0.2) is 4.79 Å². The van der Waals surface area contributed by atoms with Crippen molar-refractivity contribution in [2.75, 3.05) is 20.3 Å². The summed E-state index contributed by atoms with van der Waals surface area (Å²) in [6.45, 7) is 6.83. The summed E-state index contributed by atoms with van der Waals surface area (Å²) in [5.74, 6) is -0.314. The number of hydrogen-bond acceptors (Lipinski definition) is 5. The van der Waals surface area contributed by atoms with Crippen LogP contribution >= 0.6 is 11.3 Å². The molecule has 0 bridgehead atoms. The molecule has 0 fully saturated rings. The fourth-order valence-corrected chi connectivity index (χ4v) is 2.52. The van der Waals surface area contributed by atoms with Gasteiger partial charge in [0.1, 0.15) is 4.88 Å². The molecule has 96 valence electrons. The van der Waals surface area contributed by atoms with Crippen molar-refractivity contribution < 1.29 is 19.0 Å². The predicted molar refractivity (Wildman–Crippen MR) is 66.4 cm³/mol. The lowest BCUT2D eigenvalue weighted by molar-refractivity contribution is -0.138. The van der Waals surface area contributed by atoms with Crippen molar-refractivity contribution in [3.63, 3.8) is 0 Å². The maximum atomic E-state index is 11.5. The van der Waals surface area contributed by atoms with Gasteiger partial charge in [0.2, 0.25) is 0 Å². The molecule has 0 amide bonds. The number of hydrogen-bond donors (Lipinski definition) is 0. The van der Waals surface area contributed by atoms with E-state index >= 15 is 0 Å². The van der Waals surface area contributed by atoms with E-state index in [0.717, 1.165) is 10.4 Å². The Morgan fingerprint density at radius 2 is 1.94 bits per heavy atom. The number of methoxy groups -OCH3 is 1. The van der Waals surface area contributed by atoms with Crippen LogP contribution in [-0.4, -0.2) is 26.3 Å². The van der Waals surface area contributed by atoms with Crippen molar-refractivity contribution in [2.45, 2.75) is 27.1 Å². The van der Waals surface area contributed by atoms with Gasteiger partial charge in [-0.05, 0) is 32.4 Å². The molecule has 0 saturated carbocycles. The SMILES string of the molecule is CCOC(OCC)c1cc(C)c(C(=O)OC)s1. The zero-order chi connectivity index (χ0) is 12.8. The Morgan fingerprint density at radius 1 is 1.35 bits per heavy atom. The molecule has 0 aliphatic rings. The van der Waals surface area contributed by atoms with Crippen LogP contribution in [0.2, 0.25) is 0 Å². The third-order valence-electron chi connectivity index (χ3n) is 2.18. The summed E-state index contributed by atoms with van der Waals surface area (Å²) in [4.78, 5) is 13.0. The van der Waals surface area contributed by atoms with Crippen LogP contribution in [0.3, 0.4) is 0 Å². The van der Waals surface area contributed by atoms with E-state index in [0.29, 0.717) is 18.1 Å². The van der Waals surface area contributed by atoms with Crippen LogP contribution in [0.25, 0.3) is 0 Å². The Labute approximate surface area is 105 Å². The van der Waals surface area contributed by atoms with Gasteiger partial charge in [-0.15, -0.1) is 11.3 Å². The molecule has 0 saturated heterocycles. The third kappa shape index (κ3) is 3.52. The highest BCUT2D eigenvalue weighted by molar-refractivity contribution is 7.14. The molecule has 1 aromatic rings. The fourth-order valence-electron chi connectivity index (χ4n) is 1.43. The van der Waals surface area contributed by atoms with Crippen LogP contribution in [0.5, 0.6) is 0 Å². The van der Waals surface area contributed by atoms with Gasteiger partial charge >= 0.3 is 5.97 Å². The molecule has 17 heavy (non-hydrogen) atoms. The predicted octanol–water partition coefficient (Wildman–Crippen LogP) is 2.91. The molecule has 0 unspecified atom stereocenters. The number of rotatable bonds is 6. The van der Waals surface area contributed by atoms with Gasteiger partial charge in [0.05, 0.1) is 12.0 Å². The molecule has 0 spiro atoms. The Bertz CT molecular complexity index is 367. The molecule has 5 heteroatoms. The van der Waals surface area contributed by atoms with E-state index in [4.69, 9.17) is 14.2 Å². The maximum absolute atomic E-state index is 11.5. The van der Waals surface area contributed by atoms with Crippen LogP contribution in [0.15, 0.2) is 6.07 Å². The van der Waals surface area contributed by atoms with Gasteiger partial charge in [0, 0.05) is 13.2 Å². The summed E-state index contributed by atoms with van der Waals surface area (Å²) in [6.07, 6.45) is -0.396. The first-order valence-corrected chi connectivity index (χ1v) is 6.37. The zero-order valence-corrected chi connectivity index (χ0v) is 11.4. The summed E-state index contributed by atoms with van der Waals surface area (Å²) in [5.41, 5.74) is 0.890. The van der Waals surface area contributed by atoms with E-state index in [2.05, 4.69) is 0 Å². The second kappa shape index (κ2) is 6.74. The molecule has 1 aromatic heterocycles. The molecule has 1 heterocycles. The minimum absolute atomic E-state index is 0.314. The van der Waals surface area contributed by atoms with Crippen molar-refractivity contribution in [2.24, 2.45) is 0 Å². The first-order valence-electron chi connectivity index (χ1n) is 5.55. The van der Waals surface area contributed by atoms with E-state index in [1.54, 1.807) is 0 Å². The molecule has 0 aliphatic heterocycles. The van der Waals surface area contributed by atoms with Crippen LogP contribution in [0.1, 0.15) is 40.2 Å². The third-order valence-corrected chi connectivity index (χ3v) is 3.41. The Kier molecular flexibility index (Phi) is 5.61. The van der Waals surface area contributed by atoms with Gasteiger partial charge in [0.15, 0.2) is 6.29 Å². The molecular weight excluding hydrogens is 240 g/mol. The number of carbonyl (C=O) groups is 1. The molecule has 4 nitrogen and oxygen atoms in total. The number of esters is 1. The summed E-state index contributed by atoms with van der Waals surface area (Å²) < 4.78 is 15.7. The van der Waals surface area contributed by atoms with E-state index in [-0.39, 0.29) is 5.97 Å². The monoisotopic (exact) mass is 258 g/mol. The summed E-state index contributed by atoms with van der Waals surface area (Å²) in [5, 5.41) is 0. The highest BCUT2D eigenvalue weighted by Crippen LogP contribution is 2.30. The highest BCUT2D eigenvalue weighted by atomic mass is 32.1. The molecule has 0 N–H and O–H groups in total. The topological polar surface area (TPSA) is 44.8 Å². The van der Waals surface area contributed by atoms with Crippen molar-refractivity contribution in [3.8, 4) is 0 Å². The average molecular weight is 258 g/mol. The highest BCUT2D eigenvalue weighted by Gasteiger charge is 2.20. The minimum Gasteiger partial charge on any atom is -0.465 e. The van der Waals surface area contributed by atoms with Gasteiger partial charge in [-0.3, -0.25) is 0 Å². The van der Waals surface area contributed by atoms with Crippen LogP contribution in [-0.2, 0) is 14.2 Å². The van der Waals surface area contributed by atoms with Gasteiger partial charge < -0.3 is 14.2 Å². The second-order valence-corrected chi connectivity index (χ2v) is 4.48. The maximum Gasteiger partial charge on any atom is 0.348 e. The summed E-state index contributed by atoms with van der Waals surface area (Å²) >= 11 is 1.36. The van der Waals surface area contributed by atoms with Gasteiger partial charge in [-0.2, -0.15) is 0 Å². The molecule has 0 atom stereocenters. The molecule has 1 rings (SSSR count). The summed E-state index contributed by atoms with van der Waals surface area (Å²) in [7, 11) is 1.38. The smallest absolute Gasteiger partial charge is 0.348 e. The first-order chi connectivity index (χ1) is 8.13. The number of aryl methyl sites for hydroxylation is 1. The van der Waals surface area contributed by atoms with Crippen molar-refractivity contribution in [3.05, 3.63) is 21.4 Å². The Morgan fingerprint density at radius 3 is 2.41 bits per heavy atom. The Hall–Kier alpha value is -0.910. The van der Waals surface area contributed by atoms with Crippen molar-refractivity contribution in [1.82, 2.24) is 0 Å². The molecule has 0 aliphatic carbocycles. The van der Waals surface area contributed by atoms with Crippen LogP contribution < -0.4 is 0 Å². The van der Waals surface area contributed by atoms with Crippen molar-refractivity contribution in [1.29, 1.82) is 0 Å². The molecule has 0 radical (unpaired) electrons. The van der Waals surface area contributed by atoms with E-state index in [1.807, 2.05) is 26.8 Å². The van der Waals surface area contributed by atoms with Crippen molar-refractivity contribution >= 4 is 17.3 Å². The first kappa shape index (κ1) is 14.2. The van der Waals surface area contributed by atoms with Crippen LogP contribution in [0.4, 0.5) is 0 Å². The normalized spacial score (nSPS) is 10.9. The lowest BCUT2D eigenvalue weighted by Gasteiger charge is -2.14. The quantitative estimate of drug-likeness (QED) is 0.581. The van der Waals surface area contributed by atoms with E-state index in [1.165, 1.54) is 18.4 Å². The minimum atomic E-state index is -0.396. The number of thiophene rings is 1. The molecular formula is C12H18O4S. The summed E-state index contributed by atoms with van der Waals surface area (Å²) in [6, 6.07) is 1.91. The van der Waals surface area contributed by atoms with Gasteiger partial charge in [-0.1, -0.05) is 0 Å². The Balaban J connectivity index is 2.93. The van der Waals surface area contributed by atoms with Crippen LogP contribution in [0, 0.1) is 6.92 Å². The van der Waals surface area contributed by atoms with E-state index in [9.17, 15) is 4.79 Å². The zero-order valence-electron chi connectivity index (χ0n) is 10.6.